The number of nitrogen functional groups attached to an aromatic ring is 1. The van der Waals surface area contributed by atoms with Crippen molar-refractivity contribution in [3.05, 3.63) is 81.9 Å². The van der Waals surface area contributed by atoms with Crippen LogP contribution in [0, 0.1) is 0 Å². The Balaban J connectivity index is 0.000000242. The van der Waals surface area contributed by atoms with Crippen LogP contribution in [0.5, 0.6) is 0 Å². The van der Waals surface area contributed by atoms with Crippen molar-refractivity contribution in [1.82, 2.24) is 25.4 Å². The molecule has 2 saturated heterocycles. The Morgan fingerprint density at radius 1 is 0.877 bits per heavy atom. The molecule has 4 aliphatic rings. The predicted octanol–water partition coefficient (Wildman–Crippen LogP) is -1.54. The molecule has 3 aromatic heterocycles. The van der Waals surface area contributed by atoms with Crippen molar-refractivity contribution >= 4 is 121 Å². The second kappa shape index (κ2) is 23.1. The Kier molecular flexibility index (Phi) is 18.2. The number of ketones is 1. The first-order valence-corrected chi connectivity index (χ1v) is 23.7. The van der Waals surface area contributed by atoms with Crippen LogP contribution in [0.15, 0.2) is 83.9 Å². The number of thiazole rings is 1. The molecule has 0 radical (unpaired) electrons. The topological polar surface area (TPSA) is 299 Å². The van der Waals surface area contributed by atoms with Gasteiger partial charge in [0.2, 0.25) is 5.71 Å². The summed E-state index contributed by atoms with van der Waals surface area (Å²) in [4.78, 5) is 115. The van der Waals surface area contributed by atoms with Crippen molar-refractivity contribution in [2.75, 3.05) is 43.0 Å². The van der Waals surface area contributed by atoms with E-state index in [1.807, 2.05) is 6.92 Å². The monoisotopic (exact) mass is 996 g/mol. The van der Waals surface area contributed by atoms with Crippen molar-refractivity contribution in [2.45, 2.75) is 43.1 Å². The Bertz CT molecular complexity index is 2470. The van der Waals surface area contributed by atoms with Gasteiger partial charge in [0.1, 0.15) is 42.7 Å². The van der Waals surface area contributed by atoms with Crippen LogP contribution in [-0.4, -0.2) is 132 Å². The van der Waals surface area contributed by atoms with E-state index in [0.29, 0.717) is 17.1 Å². The van der Waals surface area contributed by atoms with Gasteiger partial charge in [0.05, 0.1) is 24.2 Å². The second-order valence-corrected chi connectivity index (χ2v) is 18.3. The van der Waals surface area contributed by atoms with Gasteiger partial charge in [-0.2, -0.15) is 0 Å². The first kappa shape index (κ1) is 51.2. The Morgan fingerprint density at radius 2 is 1.42 bits per heavy atom. The Hall–Kier alpha value is -4.83. The summed E-state index contributed by atoms with van der Waals surface area (Å²) in [5.41, 5.74) is 7.09. The molecule has 0 aromatic carbocycles. The number of hydrogen-bond donors (Lipinski definition) is 3. The van der Waals surface area contributed by atoms with Crippen molar-refractivity contribution in [3.8, 4) is 0 Å². The average molecular weight is 997 g/mol. The molecule has 0 saturated carbocycles. The van der Waals surface area contributed by atoms with E-state index in [0.717, 1.165) is 51.0 Å². The number of β-lactam (4-membered cyclic amide) rings is 2. The Labute approximate surface area is 412 Å². The van der Waals surface area contributed by atoms with Gasteiger partial charge in [0, 0.05) is 40.5 Å². The fourth-order valence-corrected chi connectivity index (χ4v) is 11.6. The normalized spacial score (nSPS) is 20.2. The van der Waals surface area contributed by atoms with Gasteiger partial charge < -0.3 is 44.8 Å². The number of carboxylic acids is 1. The molecule has 27 heteroatoms. The molecular weight excluding hydrogens is 960 g/mol. The predicted molar refractivity (Wildman–Crippen MR) is 236 cm³/mol. The summed E-state index contributed by atoms with van der Waals surface area (Å²) in [7, 11) is 2.50. The first-order chi connectivity index (χ1) is 30.7. The van der Waals surface area contributed by atoms with Crippen LogP contribution < -0.4 is 51.0 Å². The average Bonchev–Trinajstić information content (AvgIpc) is 4.11. The van der Waals surface area contributed by atoms with Crippen LogP contribution in [0.25, 0.3) is 0 Å². The number of nitrogens with two attached hydrogens (primary N) is 1. The summed E-state index contributed by atoms with van der Waals surface area (Å²) >= 11 is 5.84. The maximum Gasteiger partial charge on any atom is 1.00 e. The number of Topliss-reactive ketones (excluding diaryl/α,β-unsaturated/α-hetero) is 1. The number of carboxylic acid groups (broad SMARTS) is 1. The number of furan rings is 2. The molecule has 0 aliphatic carbocycles. The van der Waals surface area contributed by atoms with Crippen LogP contribution >= 0.6 is 58.4 Å². The maximum atomic E-state index is 12.8. The zero-order valence-corrected chi connectivity index (χ0v) is 41.1. The molecule has 7 rings (SSSR count). The third-order valence-electron chi connectivity index (χ3n) is 9.50. The zero-order valence-electron chi connectivity index (χ0n) is 35.0. The number of rotatable bonds is 16. The molecule has 4 N–H and O–H groups in total. The van der Waals surface area contributed by atoms with Gasteiger partial charge in [-0.05, 0) is 42.3 Å². The molecule has 0 spiro atoms. The standard InChI is InChI=1S/C19H17N5O7S3.C19H21N3O6S2.Na/c1-30-23-11(9-7-34-19(20)21-9)14(25)22-12-15(26)24-13(17(27)28)8(5-32-16(12)24)6-33-18(29)10-3-2-4-31-10;1-4-12(23)14(21-27-3)16(24)20-15-17(25)22-10(2)11(8-29-18(15)22)9-30-19(26)13-6-5-7-28-13;/h2-4,7,12,16H,5-6H2,1H3,(H2,20,21)(H,22,25)(H,27,28);5-7,15,18H,4,8-9H2,1-3H3,(H,20,24);/q;;+1/p-1/b23-11-;21-14-;. The third-order valence-corrected chi connectivity index (χ3v) is 14.8. The zero-order chi connectivity index (χ0) is 46.2. The van der Waals surface area contributed by atoms with E-state index >= 15 is 0 Å². The molecule has 0 bridgehead atoms. The number of aliphatic carboxylic acids is 1. The number of hydrogen-bond acceptors (Lipinski definition) is 22. The summed E-state index contributed by atoms with van der Waals surface area (Å²) < 4.78 is 10.1. The van der Waals surface area contributed by atoms with Crippen LogP contribution in [-0.2, 0) is 38.4 Å². The van der Waals surface area contributed by atoms with E-state index in [1.54, 1.807) is 30.0 Å². The number of amides is 4. The van der Waals surface area contributed by atoms with Crippen molar-refractivity contribution in [3.63, 3.8) is 0 Å². The van der Waals surface area contributed by atoms with Gasteiger partial charge in [-0.15, -0.1) is 34.9 Å². The van der Waals surface area contributed by atoms with E-state index in [1.165, 1.54) is 61.7 Å². The number of oxime groups is 2. The maximum absolute atomic E-state index is 12.8. The number of anilines is 1. The van der Waals surface area contributed by atoms with E-state index < -0.39 is 46.9 Å². The fourth-order valence-electron chi connectivity index (χ4n) is 6.34. The summed E-state index contributed by atoms with van der Waals surface area (Å²) in [6.07, 6.45) is 2.90. The van der Waals surface area contributed by atoms with Gasteiger partial charge in [-0.3, -0.25) is 43.4 Å². The fraction of sp³-hybridized carbons (Fsp3) is 0.342. The molecule has 4 aliphatic heterocycles. The summed E-state index contributed by atoms with van der Waals surface area (Å²) in [5.74, 6) is -2.59. The van der Waals surface area contributed by atoms with E-state index in [-0.39, 0.29) is 108 Å². The number of thioether (sulfide) groups is 4. The third kappa shape index (κ3) is 11.4. The number of aromatic nitrogens is 1. The minimum absolute atomic E-state index is 0. The van der Waals surface area contributed by atoms with Crippen LogP contribution in [0.3, 0.4) is 0 Å². The number of nitrogens with one attached hydrogen (secondary N) is 2. The number of nitrogens with zero attached hydrogens (tertiary/aromatic N) is 5. The summed E-state index contributed by atoms with van der Waals surface area (Å²) in [6, 6.07) is 4.59. The SMILES string of the molecule is CCC(=O)/C(=N/OC)C(=O)NC1C(=O)N2C(C)=C(CSC(=O)c3ccco3)CSC12.CO/N=C(\C(=O)NC1C(=O)N2C(C(=O)[O-])=C(CSC(=O)c3ccco3)CSC12)c1csc(N)n1.[Na+]. The molecule has 2 fully saturated rings. The molecule has 4 unspecified atom stereocenters. The summed E-state index contributed by atoms with van der Waals surface area (Å²) in [5, 5.41) is 24.4. The van der Waals surface area contributed by atoms with Gasteiger partial charge in [0.15, 0.2) is 28.1 Å². The van der Waals surface area contributed by atoms with Crippen LogP contribution in [0.1, 0.15) is 47.1 Å². The molecule has 4 atom stereocenters. The van der Waals surface area contributed by atoms with E-state index in [9.17, 15) is 43.5 Å². The molecule has 4 amide bonds. The largest absolute Gasteiger partial charge is 1.00 e. The number of carbonyl (C=O) groups is 8. The Morgan fingerprint density at radius 3 is 1.92 bits per heavy atom. The van der Waals surface area contributed by atoms with E-state index in [2.05, 4.69) is 30.8 Å². The second-order valence-electron chi connectivity index (χ2n) is 13.3. The van der Waals surface area contributed by atoms with E-state index in [4.69, 9.17) is 19.4 Å². The number of carbonyl (C=O) groups excluding carboxylic acids is 8. The van der Waals surface area contributed by atoms with Crippen LogP contribution in [0.2, 0.25) is 0 Å². The minimum atomic E-state index is -1.54. The van der Waals surface area contributed by atoms with Gasteiger partial charge in [0.25, 0.3) is 33.9 Å². The first-order valence-electron chi connectivity index (χ1n) is 18.7. The van der Waals surface area contributed by atoms with Gasteiger partial charge in [-0.25, -0.2) is 4.98 Å². The van der Waals surface area contributed by atoms with Crippen molar-refractivity contribution in [2.24, 2.45) is 10.3 Å². The van der Waals surface area contributed by atoms with Crippen molar-refractivity contribution in [1.29, 1.82) is 0 Å². The molecule has 3 aromatic rings. The summed E-state index contributed by atoms with van der Waals surface area (Å²) in [6.45, 7) is 3.44. The molecule has 338 valence electrons. The number of allylic oxidation sites excluding steroid dienone is 1. The molecule has 7 heterocycles. The van der Waals surface area contributed by atoms with Crippen molar-refractivity contribution < 1.29 is 91.5 Å². The molecule has 65 heavy (non-hydrogen) atoms. The minimum Gasteiger partial charge on any atom is -0.543 e. The molecular formula is C38H37N8NaO13S5. The number of fused-ring (bicyclic) bond motifs is 2. The van der Waals surface area contributed by atoms with Crippen LogP contribution in [0.4, 0.5) is 5.13 Å². The smallest absolute Gasteiger partial charge is 0.543 e. The quantitative estimate of drug-likeness (QED) is 0.0482. The van der Waals surface area contributed by atoms with Gasteiger partial charge >= 0.3 is 29.6 Å². The molecule has 21 nitrogen and oxygen atoms in total. The van der Waals surface area contributed by atoms with Gasteiger partial charge in [-0.1, -0.05) is 40.8 Å².